The van der Waals surface area contributed by atoms with Crippen molar-refractivity contribution in [1.82, 2.24) is 9.78 Å². The normalized spacial score (nSPS) is 10.6. The molecule has 1 aromatic heterocycles. The van der Waals surface area contributed by atoms with Crippen LogP contribution in [0.15, 0.2) is 30.5 Å². The summed E-state index contributed by atoms with van der Waals surface area (Å²) in [6.45, 7) is 0.336. The molecule has 78 valence electrons. The van der Waals surface area contributed by atoms with E-state index < -0.39 is 0 Å². The average Bonchev–Trinajstić information content (AvgIpc) is 2.63. The summed E-state index contributed by atoms with van der Waals surface area (Å²) in [5.74, 6) is -0.269. The molecule has 2 aromatic rings. The van der Waals surface area contributed by atoms with Crippen molar-refractivity contribution < 1.29 is 4.39 Å². The molecular formula is C11H12FN3. The van der Waals surface area contributed by atoms with Gasteiger partial charge in [-0.15, -0.1) is 0 Å². The van der Waals surface area contributed by atoms with E-state index in [0.29, 0.717) is 6.54 Å². The third kappa shape index (κ3) is 1.89. The van der Waals surface area contributed by atoms with Crippen molar-refractivity contribution in [3.05, 3.63) is 41.8 Å². The largest absolute Gasteiger partial charge is 0.326 e. The minimum Gasteiger partial charge on any atom is -0.326 e. The van der Waals surface area contributed by atoms with E-state index in [2.05, 4.69) is 5.10 Å². The zero-order valence-corrected chi connectivity index (χ0v) is 8.44. The minimum atomic E-state index is -0.269. The molecule has 0 aliphatic carbocycles. The standard InChI is InChI=1S/C11H12FN3/c1-15-11(2-3-14-15)9-4-8(7-13)5-10(12)6-9/h2-6H,7,13H2,1H3. The highest BCUT2D eigenvalue weighted by molar-refractivity contribution is 5.60. The van der Waals surface area contributed by atoms with E-state index in [1.54, 1.807) is 10.9 Å². The molecule has 0 amide bonds. The zero-order chi connectivity index (χ0) is 10.8. The number of hydrogen-bond acceptors (Lipinski definition) is 2. The molecule has 1 aromatic carbocycles. The third-order valence-electron chi connectivity index (χ3n) is 2.31. The summed E-state index contributed by atoms with van der Waals surface area (Å²) in [5.41, 5.74) is 7.95. The molecule has 0 saturated heterocycles. The minimum absolute atomic E-state index is 0.269. The van der Waals surface area contributed by atoms with Gasteiger partial charge in [0.25, 0.3) is 0 Å². The first-order valence-corrected chi connectivity index (χ1v) is 4.68. The van der Waals surface area contributed by atoms with E-state index in [1.807, 2.05) is 19.2 Å². The summed E-state index contributed by atoms with van der Waals surface area (Å²) in [5, 5.41) is 4.04. The molecule has 0 aliphatic heterocycles. The Bertz CT molecular complexity index is 476. The van der Waals surface area contributed by atoms with Crippen LogP contribution in [-0.4, -0.2) is 9.78 Å². The fourth-order valence-corrected chi connectivity index (χ4v) is 1.57. The van der Waals surface area contributed by atoms with E-state index in [0.717, 1.165) is 16.8 Å². The molecule has 0 bridgehead atoms. The maximum atomic E-state index is 13.3. The summed E-state index contributed by atoms with van der Waals surface area (Å²) >= 11 is 0. The molecule has 3 nitrogen and oxygen atoms in total. The highest BCUT2D eigenvalue weighted by Gasteiger charge is 2.05. The van der Waals surface area contributed by atoms with Crippen LogP contribution in [0.3, 0.4) is 0 Å². The van der Waals surface area contributed by atoms with Gasteiger partial charge in [-0.25, -0.2) is 4.39 Å². The summed E-state index contributed by atoms with van der Waals surface area (Å²) in [4.78, 5) is 0. The predicted octanol–water partition coefficient (Wildman–Crippen LogP) is 1.68. The van der Waals surface area contributed by atoms with Crippen LogP contribution in [0, 0.1) is 5.82 Å². The monoisotopic (exact) mass is 205 g/mol. The van der Waals surface area contributed by atoms with E-state index in [1.165, 1.54) is 12.1 Å². The highest BCUT2D eigenvalue weighted by atomic mass is 19.1. The number of benzene rings is 1. The van der Waals surface area contributed by atoms with Crippen LogP contribution in [0.2, 0.25) is 0 Å². The summed E-state index contributed by atoms with van der Waals surface area (Å²) in [7, 11) is 1.82. The number of halogens is 1. The first-order valence-electron chi connectivity index (χ1n) is 4.68. The van der Waals surface area contributed by atoms with Crippen molar-refractivity contribution in [1.29, 1.82) is 0 Å². The summed E-state index contributed by atoms with van der Waals surface area (Å²) in [6, 6.07) is 6.64. The fraction of sp³-hybridized carbons (Fsp3) is 0.182. The van der Waals surface area contributed by atoms with Crippen molar-refractivity contribution in [2.75, 3.05) is 0 Å². The molecule has 0 aliphatic rings. The van der Waals surface area contributed by atoms with Gasteiger partial charge in [0.1, 0.15) is 5.82 Å². The SMILES string of the molecule is Cn1nccc1-c1cc(F)cc(CN)c1. The zero-order valence-electron chi connectivity index (χ0n) is 8.44. The Morgan fingerprint density at radius 1 is 1.40 bits per heavy atom. The molecule has 0 fully saturated rings. The van der Waals surface area contributed by atoms with E-state index >= 15 is 0 Å². The number of nitrogens with zero attached hydrogens (tertiary/aromatic N) is 2. The van der Waals surface area contributed by atoms with E-state index in [9.17, 15) is 4.39 Å². The van der Waals surface area contributed by atoms with Crippen molar-refractivity contribution in [3.63, 3.8) is 0 Å². The maximum Gasteiger partial charge on any atom is 0.124 e. The summed E-state index contributed by atoms with van der Waals surface area (Å²) < 4.78 is 15.0. The molecule has 4 heteroatoms. The van der Waals surface area contributed by atoms with Gasteiger partial charge in [-0.2, -0.15) is 5.10 Å². The number of hydrogen-bond donors (Lipinski definition) is 1. The second-order valence-corrected chi connectivity index (χ2v) is 3.39. The Labute approximate surface area is 87.3 Å². The molecule has 0 unspecified atom stereocenters. The number of aryl methyl sites for hydroxylation is 1. The predicted molar refractivity (Wildman–Crippen MR) is 56.5 cm³/mol. The van der Waals surface area contributed by atoms with Crippen LogP contribution in [0.1, 0.15) is 5.56 Å². The average molecular weight is 205 g/mol. The van der Waals surface area contributed by atoms with Crippen LogP contribution in [-0.2, 0) is 13.6 Å². The molecular weight excluding hydrogens is 193 g/mol. The molecule has 2 rings (SSSR count). The maximum absolute atomic E-state index is 13.3. The summed E-state index contributed by atoms with van der Waals surface area (Å²) in [6.07, 6.45) is 1.68. The van der Waals surface area contributed by atoms with E-state index in [4.69, 9.17) is 5.73 Å². The second kappa shape index (κ2) is 3.82. The molecule has 0 saturated carbocycles. The van der Waals surface area contributed by atoms with Gasteiger partial charge in [0.2, 0.25) is 0 Å². The van der Waals surface area contributed by atoms with Gasteiger partial charge in [0.05, 0.1) is 5.69 Å². The van der Waals surface area contributed by atoms with Gasteiger partial charge in [0, 0.05) is 25.4 Å². The second-order valence-electron chi connectivity index (χ2n) is 3.39. The van der Waals surface area contributed by atoms with Crippen molar-refractivity contribution in [3.8, 4) is 11.3 Å². The molecule has 1 heterocycles. The Balaban J connectivity index is 2.53. The number of nitrogens with two attached hydrogens (primary N) is 1. The van der Waals surface area contributed by atoms with Gasteiger partial charge >= 0.3 is 0 Å². The molecule has 15 heavy (non-hydrogen) atoms. The van der Waals surface area contributed by atoms with Crippen molar-refractivity contribution >= 4 is 0 Å². The lowest BCUT2D eigenvalue weighted by atomic mass is 10.1. The number of rotatable bonds is 2. The van der Waals surface area contributed by atoms with Crippen LogP contribution in [0.5, 0.6) is 0 Å². The van der Waals surface area contributed by atoms with Crippen molar-refractivity contribution in [2.45, 2.75) is 6.54 Å². The molecule has 0 atom stereocenters. The topological polar surface area (TPSA) is 43.8 Å². The fourth-order valence-electron chi connectivity index (χ4n) is 1.57. The van der Waals surface area contributed by atoms with Crippen LogP contribution >= 0.6 is 0 Å². The van der Waals surface area contributed by atoms with Gasteiger partial charge in [-0.3, -0.25) is 4.68 Å². The van der Waals surface area contributed by atoms with Crippen molar-refractivity contribution in [2.24, 2.45) is 12.8 Å². The van der Waals surface area contributed by atoms with Crippen LogP contribution < -0.4 is 5.73 Å². The Morgan fingerprint density at radius 2 is 2.20 bits per heavy atom. The molecule has 0 spiro atoms. The van der Waals surface area contributed by atoms with Crippen LogP contribution in [0.4, 0.5) is 4.39 Å². The van der Waals surface area contributed by atoms with Gasteiger partial charge < -0.3 is 5.73 Å². The lowest BCUT2D eigenvalue weighted by Crippen LogP contribution is -1.99. The Hall–Kier alpha value is -1.68. The van der Waals surface area contributed by atoms with Gasteiger partial charge in [0.15, 0.2) is 0 Å². The van der Waals surface area contributed by atoms with Crippen LogP contribution in [0.25, 0.3) is 11.3 Å². The first kappa shape index (κ1) is 9.86. The lowest BCUT2D eigenvalue weighted by molar-refractivity contribution is 0.625. The smallest absolute Gasteiger partial charge is 0.124 e. The van der Waals surface area contributed by atoms with Gasteiger partial charge in [-0.1, -0.05) is 0 Å². The lowest BCUT2D eigenvalue weighted by Gasteiger charge is -2.05. The first-order chi connectivity index (χ1) is 7.20. The van der Waals surface area contributed by atoms with Gasteiger partial charge in [-0.05, 0) is 29.8 Å². The Kier molecular flexibility index (Phi) is 2.51. The quantitative estimate of drug-likeness (QED) is 0.810. The molecule has 2 N–H and O–H groups in total. The third-order valence-corrected chi connectivity index (χ3v) is 2.31. The highest BCUT2D eigenvalue weighted by Crippen LogP contribution is 2.20. The molecule has 0 radical (unpaired) electrons. The number of aromatic nitrogens is 2. The Morgan fingerprint density at radius 3 is 2.80 bits per heavy atom. The van der Waals surface area contributed by atoms with E-state index in [-0.39, 0.29) is 5.82 Å².